The predicted octanol–water partition coefficient (Wildman–Crippen LogP) is 2.83. The van der Waals surface area contributed by atoms with Gasteiger partial charge in [-0.25, -0.2) is 0 Å². The summed E-state index contributed by atoms with van der Waals surface area (Å²) >= 11 is 0. The number of nitrogens with zero attached hydrogens (tertiary/aromatic N) is 1. The maximum atomic E-state index is 12.4. The quantitative estimate of drug-likeness (QED) is 0.546. The van der Waals surface area contributed by atoms with Gasteiger partial charge in [0.25, 0.3) is 11.8 Å². The van der Waals surface area contributed by atoms with E-state index in [-0.39, 0.29) is 17.0 Å². The van der Waals surface area contributed by atoms with Gasteiger partial charge in [0.05, 0.1) is 12.0 Å². The molecule has 27 heavy (non-hydrogen) atoms. The number of carbonyl (C=O) groups excluding carboxylic acids is 2. The fourth-order valence-corrected chi connectivity index (χ4v) is 2.65. The molecule has 0 unspecified atom stereocenters. The van der Waals surface area contributed by atoms with E-state index in [1.807, 2.05) is 24.3 Å². The molecule has 0 heterocycles. The van der Waals surface area contributed by atoms with Crippen LogP contribution in [-0.4, -0.2) is 23.8 Å². The van der Waals surface area contributed by atoms with Gasteiger partial charge in [-0.15, -0.1) is 0 Å². The average molecular weight is 365 g/mol. The Balaban J connectivity index is 1.76. The number of methoxy groups -OCH3 is 1. The van der Waals surface area contributed by atoms with Gasteiger partial charge in [0, 0.05) is 17.2 Å². The second kappa shape index (κ2) is 7.52. The van der Waals surface area contributed by atoms with Crippen molar-refractivity contribution < 1.29 is 19.2 Å². The normalized spacial score (nSPS) is 10.3. The van der Waals surface area contributed by atoms with Gasteiger partial charge >= 0.3 is 5.69 Å². The molecule has 0 aliphatic rings. The number of amides is 2. The number of nitro groups is 1. The van der Waals surface area contributed by atoms with Crippen molar-refractivity contribution in [3.63, 3.8) is 0 Å². The number of hydrazine groups is 1. The summed E-state index contributed by atoms with van der Waals surface area (Å²) in [5.41, 5.74) is 4.66. The van der Waals surface area contributed by atoms with Crippen molar-refractivity contribution in [3.05, 3.63) is 81.9 Å². The molecule has 0 aliphatic heterocycles. The summed E-state index contributed by atoms with van der Waals surface area (Å²) in [5, 5.41) is 12.7. The highest BCUT2D eigenvalue weighted by Gasteiger charge is 2.19. The van der Waals surface area contributed by atoms with E-state index in [0.29, 0.717) is 5.56 Å². The van der Waals surface area contributed by atoms with E-state index in [1.54, 1.807) is 18.2 Å². The summed E-state index contributed by atoms with van der Waals surface area (Å²) in [7, 11) is 1.30. The molecule has 2 N–H and O–H groups in total. The third kappa shape index (κ3) is 3.69. The number of carbonyl (C=O) groups is 2. The molecule has 3 aromatic carbocycles. The van der Waals surface area contributed by atoms with Crippen LogP contribution in [0.3, 0.4) is 0 Å². The molecular weight excluding hydrogens is 350 g/mol. The average Bonchev–Trinajstić information content (AvgIpc) is 2.70. The van der Waals surface area contributed by atoms with E-state index in [9.17, 15) is 19.7 Å². The highest BCUT2D eigenvalue weighted by molar-refractivity contribution is 6.08. The van der Waals surface area contributed by atoms with Crippen molar-refractivity contribution in [2.45, 2.75) is 0 Å². The van der Waals surface area contributed by atoms with Gasteiger partial charge < -0.3 is 4.74 Å². The van der Waals surface area contributed by atoms with E-state index in [4.69, 9.17) is 4.74 Å². The molecule has 0 saturated heterocycles. The second-order valence-corrected chi connectivity index (χ2v) is 5.58. The largest absolute Gasteiger partial charge is 0.490 e. The van der Waals surface area contributed by atoms with Crippen LogP contribution in [0.1, 0.15) is 20.7 Å². The van der Waals surface area contributed by atoms with Crippen LogP contribution in [-0.2, 0) is 0 Å². The van der Waals surface area contributed by atoms with Crippen molar-refractivity contribution in [2.75, 3.05) is 7.11 Å². The standard InChI is InChI=1S/C19H15N3O5/c1-27-17-10-9-13(11-16(17)22(25)26)18(23)20-21-19(24)15-8-4-6-12-5-2-3-7-14(12)15/h2-11H,1H3,(H,20,23)(H,21,24). The van der Waals surface area contributed by atoms with Crippen molar-refractivity contribution in [1.29, 1.82) is 0 Å². The Kier molecular flexibility index (Phi) is 4.98. The molecule has 0 atom stereocenters. The molecule has 0 aromatic heterocycles. The smallest absolute Gasteiger partial charge is 0.311 e. The maximum Gasteiger partial charge on any atom is 0.311 e. The first kappa shape index (κ1) is 17.9. The minimum atomic E-state index is -0.686. The molecule has 0 spiro atoms. The van der Waals surface area contributed by atoms with Crippen LogP contribution in [0.2, 0.25) is 0 Å². The molecule has 0 fully saturated rings. The van der Waals surface area contributed by atoms with E-state index < -0.39 is 16.7 Å². The van der Waals surface area contributed by atoms with Crippen LogP contribution in [0.5, 0.6) is 5.75 Å². The van der Waals surface area contributed by atoms with Gasteiger partial charge in [0.1, 0.15) is 0 Å². The topological polar surface area (TPSA) is 111 Å². The second-order valence-electron chi connectivity index (χ2n) is 5.58. The van der Waals surface area contributed by atoms with E-state index in [1.165, 1.54) is 19.2 Å². The number of hydrogen-bond acceptors (Lipinski definition) is 5. The molecule has 136 valence electrons. The minimum absolute atomic E-state index is 0.0146. The summed E-state index contributed by atoms with van der Waals surface area (Å²) in [6, 6.07) is 16.4. The van der Waals surface area contributed by atoms with Gasteiger partial charge in [0.2, 0.25) is 0 Å². The third-order valence-corrected chi connectivity index (χ3v) is 3.96. The van der Waals surface area contributed by atoms with Crippen molar-refractivity contribution in [3.8, 4) is 5.75 Å². The Hall–Kier alpha value is -3.94. The Morgan fingerprint density at radius 3 is 2.41 bits per heavy atom. The number of hydrogen-bond donors (Lipinski definition) is 2. The Morgan fingerprint density at radius 1 is 0.963 bits per heavy atom. The zero-order valence-corrected chi connectivity index (χ0v) is 14.3. The molecule has 0 radical (unpaired) electrons. The predicted molar refractivity (Wildman–Crippen MR) is 98.5 cm³/mol. The van der Waals surface area contributed by atoms with Crippen LogP contribution in [0.4, 0.5) is 5.69 Å². The van der Waals surface area contributed by atoms with E-state index in [0.717, 1.165) is 16.8 Å². The minimum Gasteiger partial charge on any atom is -0.490 e. The molecule has 0 bridgehead atoms. The highest BCUT2D eigenvalue weighted by Crippen LogP contribution is 2.27. The number of benzene rings is 3. The number of fused-ring (bicyclic) bond motifs is 1. The summed E-state index contributed by atoms with van der Waals surface area (Å²) in [4.78, 5) is 35.1. The number of ether oxygens (including phenoxy) is 1. The Labute approximate surface area is 153 Å². The summed E-state index contributed by atoms with van der Waals surface area (Å²) < 4.78 is 4.90. The lowest BCUT2D eigenvalue weighted by atomic mass is 10.0. The first-order valence-corrected chi connectivity index (χ1v) is 7.92. The zero-order valence-electron chi connectivity index (χ0n) is 14.3. The van der Waals surface area contributed by atoms with Gasteiger partial charge in [-0.2, -0.15) is 0 Å². The SMILES string of the molecule is COc1ccc(C(=O)NNC(=O)c2cccc3ccccc23)cc1[N+](=O)[O-]. The van der Waals surface area contributed by atoms with Crippen LogP contribution in [0.15, 0.2) is 60.7 Å². The monoisotopic (exact) mass is 365 g/mol. The van der Waals surface area contributed by atoms with Crippen molar-refractivity contribution in [1.82, 2.24) is 10.9 Å². The molecule has 2 amide bonds. The lowest BCUT2D eigenvalue weighted by Crippen LogP contribution is -2.41. The van der Waals surface area contributed by atoms with Gasteiger partial charge in [0.15, 0.2) is 5.75 Å². The number of nitro benzene ring substituents is 1. The summed E-state index contributed by atoms with van der Waals surface area (Å²) in [5.74, 6) is -1.14. The van der Waals surface area contributed by atoms with Crippen molar-refractivity contribution in [2.24, 2.45) is 0 Å². The molecule has 0 saturated carbocycles. The first-order chi connectivity index (χ1) is 13.0. The highest BCUT2D eigenvalue weighted by atomic mass is 16.6. The first-order valence-electron chi connectivity index (χ1n) is 7.92. The maximum absolute atomic E-state index is 12.4. The van der Waals surface area contributed by atoms with Gasteiger partial charge in [-0.1, -0.05) is 36.4 Å². The van der Waals surface area contributed by atoms with Gasteiger partial charge in [-0.05, 0) is 29.0 Å². The van der Waals surface area contributed by atoms with Gasteiger partial charge in [-0.3, -0.25) is 30.6 Å². The van der Waals surface area contributed by atoms with Crippen LogP contribution in [0, 0.1) is 10.1 Å². The summed E-state index contributed by atoms with van der Waals surface area (Å²) in [6.07, 6.45) is 0. The molecule has 3 rings (SSSR count). The molecule has 3 aromatic rings. The number of rotatable bonds is 4. The third-order valence-electron chi connectivity index (χ3n) is 3.96. The lowest BCUT2D eigenvalue weighted by Gasteiger charge is -2.10. The molecule has 8 nitrogen and oxygen atoms in total. The van der Waals surface area contributed by atoms with Crippen LogP contribution < -0.4 is 15.6 Å². The van der Waals surface area contributed by atoms with E-state index >= 15 is 0 Å². The lowest BCUT2D eigenvalue weighted by molar-refractivity contribution is -0.385. The Bertz CT molecular complexity index is 1040. The van der Waals surface area contributed by atoms with Crippen LogP contribution >= 0.6 is 0 Å². The molecule has 0 aliphatic carbocycles. The van der Waals surface area contributed by atoms with E-state index in [2.05, 4.69) is 10.9 Å². The fraction of sp³-hybridized carbons (Fsp3) is 0.0526. The fourth-order valence-electron chi connectivity index (χ4n) is 2.65. The van der Waals surface area contributed by atoms with Crippen LogP contribution in [0.25, 0.3) is 10.8 Å². The molecule has 8 heteroatoms. The zero-order chi connectivity index (χ0) is 19.4. The number of nitrogens with one attached hydrogen (secondary N) is 2. The van der Waals surface area contributed by atoms with Crippen molar-refractivity contribution >= 4 is 28.3 Å². The Morgan fingerprint density at radius 2 is 1.67 bits per heavy atom. The summed E-state index contributed by atoms with van der Waals surface area (Å²) in [6.45, 7) is 0. The molecular formula is C19H15N3O5.